The molecule has 0 saturated heterocycles. The average molecular weight is 218 g/mol. The van der Waals surface area contributed by atoms with Crippen molar-refractivity contribution in [1.82, 2.24) is 4.90 Å². The Kier molecular flexibility index (Phi) is 3.25. The Labute approximate surface area is 96.2 Å². The Morgan fingerprint density at radius 2 is 2.12 bits per heavy atom. The Morgan fingerprint density at radius 1 is 1.44 bits per heavy atom. The standard InChI is InChI=1S/C13H18N2O/c1-2-12(14)13(16)15-8-7-10-5-3-4-6-11(10)9-15/h3-6,12H,2,7-9,14H2,1H3/t12-/m1/s1. The summed E-state index contributed by atoms with van der Waals surface area (Å²) in [6.45, 7) is 3.45. The van der Waals surface area contributed by atoms with Crippen molar-refractivity contribution >= 4 is 5.91 Å². The maximum atomic E-state index is 11.9. The van der Waals surface area contributed by atoms with Gasteiger partial charge in [-0.15, -0.1) is 0 Å². The van der Waals surface area contributed by atoms with Crippen LogP contribution in [0.25, 0.3) is 0 Å². The molecule has 1 aromatic rings. The van der Waals surface area contributed by atoms with Gasteiger partial charge in [0.25, 0.3) is 0 Å². The van der Waals surface area contributed by atoms with Crippen molar-refractivity contribution in [2.45, 2.75) is 32.4 Å². The topological polar surface area (TPSA) is 46.3 Å². The summed E-state index contributed by atoms with van der Waals surface area (Å²) in [4.78, 5) is 13.8. The molecule has 1 heterocycles. The molecule has 2 rings (SSSR count). The van der Waals surface area contributed by atoms with Gasteiger partial charge in [0.15, 0.2) is 0 Å². The molecule has 1 aromatic carbocycles. The van der Waals surface area contributed by atoms with Gasteiger partial charge >= 0.3 is 0 Å². The van der Waals surface area contributed by atoms with Crippen LogP contribution in [0.3, 0.4) is 0 Å². The minimum Gasteiger partial charge on any atom is -0.337 e. The number of benzene rings is 1. The van der Waals surface area contributed by atoms with Gasteiger partial charge in [0, 0.05) is 13.1 Å². The van der Waals surface area contributed by atoms with E-state index in [2.05, 4.69) is 12.1 Å². The normalized spacial score (nSPS) is 16.8. The number of hydrogen-bond acceptors (Lipinski definition) is 2. The average Bonchev–Trinajstić information content (AvgIpc) is 2.36. The number of amides is 1. The summed E-state index contributed by atoms with van der Waals surface area (Å²) in [5, 5.41) is 0. The molecule has 0 aliphatic carbocycles. The van der Waals surface area contributed by atoms with Crippen LogP contribution in [0.2, 0.25) is 0 Å². The van der Waals surface area contributed by atoms with Crippen LogP contribution in [0, 0.1) is 0 Å². The van der Waals surface area contributed by atoms with Gasteiger partial charge in [-0.05, 0) is 24.0 Å². The summed E-state index contributed by atoms with van der Waals surface area (Å²) in [5.74, 6) is 0.0806. The van der Waals surface area contributed by atoms with E-state index in [0.29, 0.717) is 13.0 Å². The predicted octanol–water partition coefficient (Wildman–Crippen LogP) is 1.31. The van der Waals surface area contributed by atoms with E-state index >= 15 is 0 Å². The highest BCUT2D eigenvalue weighted by atomic mass is 16.2. The third-order valence-corrected chi connectivity index (χ3v) is 3.20. The van der Waals surface area contributed by atoms with Crippen molar-refractivity contribution in [3.8, 4) is 0 Å². The summed E-state index contributed by atoms with van der Waals surface area (Å²) < 4.78 is 0. The second kappa shape index (κ2) is 4.66. The predicted molar refractivity (Wildman–Crippen MR) is 63.8 cm³/mol. The first-order valence-corrected chi connectivity index (χ1v) is 5.83. The molecule has 1 amide bonds. The van der Waals surface area contributed by atoms with Crippen molar-refractivity contribution in [3.05, 3.63) is 35.4 Å². The summed E-state index contributed by atoms with van der Waals surface area (Å²) in [6.07, 6.45) is 1.65. The minimum atomic E-state index is -0.342. The van der Waals surface area contributed by atoms with E-state index in [0.717, 1.165) is 13.0 Å². The Hall–Kier alpha value is -1.35. The van der Waals surface area contributed by atoms with Gasteiger partial charge in [-0.2, -0.15) is 0 Å². The Morgan fingerprint density at radius 3 is 2.81 bits per heavy atom. The number of rotatable bonds is 2. The van der Waals surface area contributed by atoms with Crippen molar-refractivity contribution < 1.29 is 4.79 Å². The van der Waals surface area contributed by atoms with Crippen LogP contribution in [0.4, 0.5) is 0 Å². The second-order valence-corrected chi connectivity index (χ2v) is 4.29. The molecule has 0 aromatic heterocycles. The van der Waals surface area contributed by atoms with Gasteiger partial charge in [0.2, 0.25) is 5.91 Å². The first-order chi connectivity index (χ1) is 7.72. The van der Waals surface area contributed by atoms with E-state index in [1.165, 1.54) is 11.1 Å². The van der Waals surface area contributed by atoms with Gasteiger partial charge in [0.05, 0.1) is 6.04 Å². The zero-order valence-electron chi connectivity index (χ0n) is 9.65. The molecule has 16 heavy (non-hydrogen) atoms. The summed E-state index contributed by atoms with van der Waals surface area (Å²) in [5.41, 5.74) is 8.39. The smallest absolute Gasteiger partial charge is 0.239 e. The molecule has 1 atom stereocenters. The summed E-state index contributed by atoms with van der Waals surface area (Å²) in [7, 11) is 0. The number of carbonyl (C=O) groups is 1. The second-order valence-electron chi connectivity index (χ2n) is 4.29. The van der Waals surface area contributed by atoms with Crippen molar-refractivity contribution in [2.75, 3.05) is 6.54 Å². The highest BCUT2D eigenvalue weighted by Gasteiger charge is 2.23. The zero-order chi connectivity index (χ0) is 11.5. The maximum absolute atomic E-state index is 11.9. The molecular weight excluding hydrogens is 200 g/mol. The first-order valence-electron chi connectivity index (χ1n) is 5.83. The molecule has 3 heteroatoms. The van der Waals surface area contributed by atoms with Crippen LogP contribution in [0.1, 0.15) is 24.5 Å². The van der Waals surface area contributed by atoms with Gasteiger partial charge in [-0.25, -0.2) is 0 Å². The molecule has 0 bridgehead atoms. The number of fused-ring (bicyclic) bond motifs is 1. The summed E-state index contributed by atoms with van der Waals surface area (Å²) in [6, 6.07) is 7.95. The Balaban J connectivity index is 2.11. The molecule has 3 nitrogen and oxygen atoms in total. The van der Waals surface area contributed by atoms with E-state index in [-0.39, 0.29) is 11.9 Å². The van der Waals surface area contributed by atoms with Crippen LogP contribution in [0.15, 0.2) is 24.3 Å². The van der Waals surface area contributed by atoms with Crippen LogP contribution in [-0.2, 0) is 17.8 Å². The van der Waals surface area contributed by atoms with Crippen LogP contribution in [-0.4, -0.2) is 23.4 Å². The number of hydrogen-bond donors (Lipinski definition) is 1. The van der Waals surface area contributed by atoms with Crippen LogP contribution in [0.5, 0.6) is 0 Å². The van der Waals surface area contributed by atoms with Gasteiger partial charge in [0.1, 0.15) is 0 Å². The van der Waals surface area contributed by atoms with E-state index in [9.17, 15) is 4.79 Å². The monoisotopic (exact) mass is 218 g/mol. The first kappa shape index (κ1) is 11.1. The van der Waals surface area contributed by atoms with Crippen molar-refractivity contribution in [3.63, 3.8) is 0 Å². The van der Waals surface area contributed by atoms with Crippen molar-refractivity contribution in [1.29, 1.82) is 0 Å². The summed E-state index contributed by atoms with van der Waals surface area (Å²) >= 11 is 0. The lowest BCUT2D eigenvalue weighted by atomic mass is 9.99. The molecule has 1 aliphatic rings. The molecule has 0 unspecified atom stereocenters. The van der Waals surface area contributed by atoms with E-state index in [1.807, 2.05) is 24.0 Å². The largest absolute Gasteiger partial charge is 0.337 e. The van der Waals surface area contributed by atoms with E-state index < -0.39 is 0 Å². The fraction of sp³-hybridized carbons (Fsp3) is 0.462. The molecule has 0 radical (unpaired) electrons. The van der Waals surface area contributed by atoms with Crippen molar-refractivity contribution in [2.24, 2.45) is 5.73 Å². The molecule has 86 valence electrons. The van der Waals surface area contributed by atoms with E-state index in [4.69, 9.17) is 5.73 Å². The van der Waals surface area contributed by atoms with Gasteiger partial charge < -0.3 is 10.6 Å². The molecule has 0 fully saturated rings. The third kappa shape index (κ3) is 2.09. The van der Waals surface area contributed by atoms with Gasteiger partial charge in [-0.1, -0.05) is 31.2 Å². The highest BCUT2D eigenvalue weighted by molar-refractivity contribution is 5.81. The number of nitrogens with zero attached hydrogens (tertiary/aromatic N) is 1. The van der Waals surface area contributed by atoms with E-state index in [1.54, 1.807) is 0 Å². The fourth-order valence-corrected chi connectivity index (χ4v) is 2.09. The Bertz CT molecular complexity index is 389. The third-order valence-electron chi connectivity index (χ3n) is 3.20. The molecule has 0 saturated carbocycles. The molecule has 1 aliphatic heterocycles. The fourth-order valence-electron chi connectivity index (χ4n) is 2.09. The zero-order valence-corrected chi connectivity index (χ0v) is 9.65. The molecule has 2 N–H and O–H groups in total. The van der Waals surface area contributed by atoms with Crippen LogP contribution < -0.4 is 5.73 Å². The lowest BCUT2D eigenvalue weighted by Crippen LogP contribution is -2.45. The minimum absolute atomic E-state index is 0.0806. The van der Waals surface area contributed by atoms with Gasteiger partial charge in [-0.3, -0.25) is 4.79 Å². The molecular formula is C13H18N2O. The number of nitrogens with two attached hydrogens (primary N) is 1. The quantitative estimate of drug-likeness (QED) is 0.813. The maximum Gasteiger partial charge on any atom is 0.239 e. The highest BCUT2D eigenvalue weighted by Crippen LogP contribution is 2.18. The molecule has 0 spiro atoms. The number of carbonyl (C=O) groups excluding carboxylic acids is 1. The van der Waals surface area contributed by atoms with Crippen LogP contribution >= 0.6 is 0 Å². The lowest BCUT2D eigenvalue weighted by molar-refractivity contribution is -0.133. The lowest BCUT2D eigenvalue weighted by Gasteiger charge is -2.30. The SMILES string of the molecule is CC[C@@H](N)C(=O)N1CCc2ccccc2C1.